The quantitative estimate of drug-likeness (QED) is 0.166. The molecule has 0 aromatic heterocycles. The van der Waals surface area contributed by atoms with Gasteiger partial charge in [0.05, 0.1) is 34.0 Å². The van der Waals surface area contributed by atoms with Gasteiger partial charge in [0.25, 0.3) is 0 Å². The van der Waals surface area contributed by atoms with Crippen LogP contribution >= 0.6 is 0 Å². The molecule has 1 aliphatic rings. The van der Waals surface area contributed by atoms with Crippen LogP contribution in [-0.2, 0) is 19.1 Å². The summed E-state index contributed by atoms with van der Waals surface area (Å²) in [4.78, 5) is 63.6. The number of benzene rings is 3. The molecule has 0 bridgehead atoms. The summed E-state index contributed by atoms with van der Waals surface area (Å²) in [5.74, 6) is -4.02. The van der Waals surface area contributed by atoms with E-state index in [0.717, 1.165) is 0 Å². The Labute approximate surface area is 307 Å². The van der Waals surface area contributed by atoms with Gasteiger partial charge in [0.1, 0.15) is 22.8 Å². The summed E-state index contributed by atoms with van der Waals surface area (Å²) in [6, 6.07) is 10.3. The molecule has 53 heavy (non-hydrogen) atoms. The van der Waals surface area contributed by atoms with Crippen molar-refractivity contribution in [3.05, 3.63) is 76.4 Å². The number of Topliss-reactive ketones (excluding diaryl/α,β-unsaturated/α-hetero) is 1. The first-order chi connectivity index (χ1) is 25.4. The highest BCUT2D eigenvalue weighted by molar-refractivity contribution is 5.99. The summed E-state index contributed by atoms with van der Waals surface area (Å²) < 4.78 is 22.2. The highest BCUT2D eigenvalue weighted by atomic mass is 16.5. The average molecular weight is 732 g/mol. The molecule has 1 heterocycles. The molecule has 2 unspecified atom stereocenters. The summed E-state index contributed by atoms with van der Waals surface area (Å²) in [5.41, 5.74) is 6.04. The van der Waals surface area contributed by atoms with Gasteiger partial charge in [-0.15, -0.1) is 0 Å². The maximum absolute atomic E-state index is 13.7. The number of fused-ring (bicyclic) bond motifs is 1. The Kier molecular flexibility index (Phi) is 13.8. The number of carbonyl (C=O) groups excluding carboxylic acids is 5. The zero-order valence-corrected chi connectivity index (χ0v) is 30.2. The van der Waals surface area contributed by atoms with Gasteiger partial charge in [-0.3, -0.25) is 19.2 Å². The largest absolute Gasteiger partial charge is 0.507 e. The van der Waals surface area contributed by atoms with Crippen molar-refractivity contribution in [2.24, 2.45) is 5.73 Å². The summed E-state index contributed by atoms with van der Waals surface area (Å²) in [6.07, 6.45) is 5.15. The zero-order chi connectivity index (χ0) is 38.7. The molecule has 3 amide bonds. The number of cyclic esters (lactones) is 1. The highest BCUT2D eigenvalue weighted by Crippen LogP contribution is 2.47. The predicted octanol–water partition coefficient (Wildman–Crippen LogP) is 4.98. The molecule has 14 nitrogen and oxygen atoms in total. The number of ether oxygens (including phenoxy) is 4. The van der Waals surface area contributed by atoms with Gasteiger partial charge in [-0.05, 0) is 86.2 Å². The van der Waals surface area contributed by atoms with E-state index in [1.54, 1.807) is 31.2 Å². The number of phenols is 2. The van der Waals surface area contributed by atoms with Gasteiger partial charge >= 0.3 is 5.97 Å². The lowest BCUT2D eigenvalue weighted by atomic mass is 9.84. The van der Waals surface area contributed by atoms with E-state index in [-0.39, 0.29) is 45.3 Å². The topological polar surface area (TPSA) is 213 Å². The van der Waals surface area contributed by atoms with E-state index in [2.05, 4.69) is 10.6 Å². The van der Waals surface area contributed by atoms with Crippen LogP contribution in [0.15, 0.2) is 48.5 Å². The molecule has 2 atom stereocenters. The van der Waals surface area contributed by atoms with Crippen LogP contribution < -0.4 is 30.6 Å². The van der Waals surface area contributed by atoms with E-state index >= 15 is 0 Å². The number of nitrogens with one attached hydrogen (secondary N) is 2. The second-order valence-corrected chi connectivity index (χ2v) is 12.5. The number of nitrogens with two attached hydrogens (primary N) is 1. The molecular weight excluding hydrogens is 686 g/mol. The fourth-order valence-electron chi connectivity index (χ4n) is 6.07. The number of allylic oxidation sites excluding steroid dienone is 1. The summed E-state index contributed by atoms with van der Waals surface area (Å²) in [6.45, 7) is 1.25. The maximum atomic E-state index is 13.7. The number of phenolic OH excluding ortho intramolecular Hbond substituents is 2. The lowest BCUT2D eigenvalue weighted by molar-refractivity contribution is -0.124. The number of amides is 3. The number of anilines is 1. The number of hydrogen-bond donors (Lipinski definition) is 5. The predicted molar refractivity (Wildman–Crippen MR) is 196 cm³/mol. The first-order valence-electron chi connectivity index (χ1n) is 17.1. The first kappa shape index (κ1) is 39.7. The minimum atomic E-state index is -1.13. The van der Waals surface area contributed by atoms with E-state index in [9.17, 15) is 34.2 Å². The fourth-order valence-corrected chi connectivity index (χ4v) is 6.07. The van der Waals surface area contributed by atoms with Crippen LogP contribution in [0.4, 0.5) is 5.69 Å². The number of methoxy groups -OCH3 is 3. The first-order valence-corrected chi connectivity index (χ1v) is 17.1. The number of ketones is 1. The van der Waals surface area contributed by atoms with Crippen LogP contribution in [0.3, 0.4) is 0 Å². The third kappa shape index (κ3) is 10.3. The third-order valence-electron chi connectivity index (χ3n) is 8.78. The Morgan fingerprint density at radius 3 is 2.23 bits per heavy atom. The molecule has 6 N–H and O–H groups in total. The summed E-state index contributed by atoms with van der Waals surface area (Å²) in [5, 5.41) is 28.6. The van der Waals surface area contributed by atoms with Gasteiger partial charge in [-0.2, -0.15) is 0 Å². The number of carbonyl (C=O) groups is 5. The molecule has 0 fully saturated rings. The van der Waals surface area contributed by atoms with E-state index in [0.29, 0.717) is 49.8 Å². The second-order valence-electron chi connectivity index (χ2n) is 12.5. The van der Waals surface area contributed by atoms with Gasteiger partial charge in [0.2, 0.25) is 23.5 Å². The minimum Gasteiger partial charge on any atom is -0.507 e. The average Bonchev–Trinajstić information content (AvgIpc) is 3.12. The zero-order valence-electron chi connectivity index (χ0n) is 30.2. The fraction of sp³-hybridized carbons (Fsp3) is 0.359. The van der Waals surface area contributed by atoms with E-state index in [1.165, 1.54) is 51.7 Å². The molecule has 4 rings (SSSR count). The van der Waals surface area contributed by atoms with E-state index in [4.69, 9.17) is 24.7 Å². The molecular formula is C39H45N3O11. The van der Waals surface area contributed by atoms with Crippen LogP contribution in [0.2, 0.25) is 0 Å². The lowest BCUT2D eigenvalue weighted by Crippen LogP contribution is -2.33. The number of esters is 1. The Morgan fingerprint density at radius 2 is 1.60 bits per heavy atom. The van der Waals surface area contributed by atoms with Gasteiger partial charge in [-0.25, -0.2) is 4.79 Å². The Hall–Kier alpha value is -6.05. The Balaban J connectivity index is 1.74. The van der Waals surface area contributed by atoms with Crippen LogP contribution in [0.1, 0.15) is 95.2 Å². The monoisotopic (exact) mass is 731 g/mol. The minimum absolute atomic E-state index is 0.133. The van der Waals surface area contributed by atoms with Crippen molar-refractivity contribution in [3.63, 3.8) is 0 Å². The molecule has 3 aromatic carbocycles. The molecule has 0 radical (unpaired) electrons. The SMILES string of the molecule is COc1cc(C(CC(=O)NCC(=O)Nc2ccc(C(N)=O)cc2)c2c(O)cc3c(c2O)C(=O)OC(C)CCCC(=O)CCCC=C3)cc(OC)c1OC. The van der Waals surface area contributed by atoms with Crippen molar-refractivity contribution in [2.45, 2.75) is 63.9 Å². The molecule has 0 saturated carbocycles. The molecule has 0 aliphatic carbocycles. The molecule has 3 aromatic rings. The van der Waals surface area contributed by atoms with E-state index in [1.807, 2.05) is 0 Å². The smallest absolute Gasteiger partial charge is 0.342 e. The normalized spacial score (nSPS) is 15.6. The van der Waals surface area contributed by atoms with Gasteiger partial charge in [0, 0.05) is 42.0 Å². The third-order valence-corrected chi connectivity index (χ3v) is 8.78. The van der Waals surface area contributed by atoms with E-state index < -0.39 is 60.2 Å². The van der Waals surface area contributed by atoms with Crippen molar-refractivity contribution < 1.29 is 53.1 Å². The van der Waals surface area contributed by atoms with Gasteiger partial charge in [-0.1, -0.05) is 12.2 Å². The van der Waals surface area contributed by atoms with Gasteiger partial charge < -0.3 is 45.5 Å². The standard InChI is InChI=1S/C39H45N3O11/c1-22-9-8-12-27(43)11-7-5-6-10-24-17-29(44)35(36(47)34(24)39(49)53-22)28(25-18-30(50-2)37(52-4)31(19-25)51-3)20-32(45)41-21-33(46)42-26-15-13-23(14-16-26)38(40)48/h6,10,13-19,22,28,44,47H,5,7-9,11-12,20-21H2,1-4H3,(H2,40,48)(H,41,45)(H,42,46). The molecule has 14 heteroatoms. The van der Waals surface area contributed by atoms with Crippen molar-refractivity contribution in [2.75, 3.05) is 33.2 Å². The van der Waals surface area contributed by atoms with Crippen molar-refractivity contribution >= 4 is 41.2 Å². The van der Waals surface area contributed by atoms with Crippen molar-refractivity contribution in [1.29, 1.82) is 0 Å². The summed E-state index contributed by atoms with van der Waals surface area (Å²) in [7, 11) is 4.23. The Bertz CT molecular complexity index is 1850. The maximum Gasteiger partial charge on any atom is 0.342 e. The number of rotatable bonds is 11. The lowest BCUT2D eigenvalue weighted by Gasteiger charge is -2.24. The molecule has 282 valence electrons. The molecule has 0 spiro atoms. The number of aromatic hydroxyl groups is 2. The second kappa shape index (κ2) is 18.4. The van der Waals surface area contributed by atoms with Crippen LogP contribution in [0.25, 0.3) is 6.08 Å². The highest BCUT2D eigenvalue weighted by Gasteiger charge is 2.32. The summed E-state index contributed by atoms with van der Waals surface area (Å²) >= 11 is 0. The van der Waals surface area contributed by atoms with Crippen molar-refractivity contribution in [3.8, 4) is 28.7 Å². The molecule has 0 saturated heterocycles. The number of hydrogen-bond acceptors (Lipinski definition) is 11. The molecule has 1 aliphatic heterocycles. The van der Waals surface area contributed by atoms with Crippen LogP contribution in [0.5, 0.6) is 28.7 Å². The van der Waals surface area contributed by atoms with Crippen LogP contribution in [-0.4, -0.2) is 73.7 Å². The Morgan fingerprint density at radius 1 is 0.943 bits per heavy atom. The van der Waals surface area contributed by atoms with Crippen LogP contribution in [0, 0.1) is 0 Å². The van der Waals surface area contributed by atoms with Crippen molar-refractivity contribution in [1.82, 2.24) is 5.32 Å². The van der Waals surface area contributed by atoms with Gasteiger partial charge in [0.15, 0.2) is 11.5 Å². The number of primary amides is 1.